The summed E-state index contributed by atoms with van der Waals surface area (Å²) in [5, 5.41) is 20.3. The third-order valence-electron chi connectivity index (χ3n) is 11.5. The molecule has 2 unspecified atom stereocenters. The SMILES string of the molecule is CC(C)CCC[C@@H](C)[C@H]1CC[C@H]2[C@@H]3CC=C4C[C@@H](O)CC(C(CO)C(=O)Cl)[C@]4(C)[C@H]3CC[C@]12C. The lowest BCUT2D eigenvalue weighted by molar-refractivity contribution is -0.128. The Hall–Kier alpha value is -0.380. The summed E-state index contributed by atoms with van der Waals surface area (Å²) in [7, 11) is 0. The molecule has 0 aromatic rings. The molecule has 0 spiro atoms. The highest BCUT2D eigenvalue weighted by Crippen LogP contribution is 2.68. The summed E-state index contributed by atoms with van der Waals surface area (Å²) in [4.78, 5) is 12.3. The van der Waals surface area contributed by atoms with Gasteiger partial charge in [0.05, 0.1) is 18.6 Å². The van der Waals surface area contributed by atoms with E-state index in [1.807, 2.05) is 0 Å². The zero-order valence-corrected chi connectivity index (χ0v) is 23.0. The standard InChI is InChI=1S/C30H49ClO3/c1-18(2)7-6-8-19(3)24-11-12-25-22-10-9-20-15-21(33)16-27(23(17-32)28(31)34)30(20,5)26(22)13-14-29(24,25)4/h9,18-19,21-27,32-33H,6-8,10-17H2,1-5H3/t19-,21-,22+,23?,24-,25+,26+,27?,29-,30+/m1/s1. The van der Waals surface area contributed by atoms with Gasteiger partial charge in [0.1, 0.15) is 0 Å². The Morgan fingerprint density at radius 2 is 1.85 bits per heavy atom. The lowest BCUT2D eigenvalue weighted by Gasteiger charge is -2.61. The predicted octanol–water partition coefficient (Wildman–Crippen LogP) is 6.99. The van der Waals surface area contributed by atoms with Crippen LogP contribution in [-0.2, 0) is 4.79 Å². The van der Waals surface area contributed by atoms with E-state index in [-0.39, 0.29) is 17.9 Å². The molecule has 4 aliphatic rings. The first kappa shape index (κ1) is 26.7. The van der Waals surface area contributed by atoms with Crippen molar-refractivity contribution in [1.82, 2.24) is 0 Å². The molecule has 3 saturated carbocycles. The van der Waals surface area contributed by atoms with Crippen LogP contribution in [0.4, 0.5) is 0 Å². The van der Waals surface area contributed by atoms with E-state index in [1.165, 1.54) is 50.5 Å². The number of aliphatic hydroxyl groups is 2. The van der Waals surface area contributed by atoms with Gasteiger partial charge < -0.3 is 10.2 Å². The van der Waals surface area contributed by atoms with Crippen LogP contribution in [0.3, 0.4) is 0 Å². The van der Waals surface area contributed by atoms with Crippen molar-refractivity contribution in [3.8, 4) is 0 Å². The molecule has 0 amide bonds. The highest BCUT2D eigenvalue weighted by molar-refractivity contribution is 6.64. The second kappa shape index (κ2) is 10.2. The second-order valence-corrected chi connectivity index (χ2v) is 13.8. The van der Waals surface area contributed by atoms with Crippen LogP contribution in [-0.4, -0.2) is 28.2 Å². The van der Waals surface area contributed by atoms with Crippen LogP contribution >= 0.6 is 11.6 Å². The summed E-state index contributed by atoms with van der Waals surface area (Å²) in [6.07, 6.45) is 13.6. The largest absolute Gasteiger partial charge is 0.396 e. The quantitative estimate of drug-likeness (QED) is 0.283. The van der Waals surface area contributed by atoms with Crippen molar-refractivity contribution in [1.29, 1.82) is 0 Å². The van der Waals surface area contributed by atoms with Crippen LogP contribution < -0.4 is 0 Å². The van der Waals surface area contributed by atoms with Crippen molar-refractivity contribution < 1.29 is 15.0 Å². The number of fused-ring (bicyclic) bond motifs is 5. The Labute approximate surface area is 213 Å². The lowest BCUT2D eigenvalue weighted by Crippen LogP contribution is -2.56. The van der Waals surface area contributed by atoms with Crippen LogP contribution in [0.2, 0.25) is 0 Å². The number of hydrogen-bond acceptors (Lipinski definition) is 3. The second-order valence-electron chi connectivity index (χ2n) is 13.4. The summed E-state index contributed by atoms with van der Waals surface area (Å²) in [5.74, 6) is 3.64. The average molecular weight is 493 g/mol. The Bertz CT molecular complexity index is 777. The van der Waals surface area contributed by atoms with Gasteiger partial charge in [-0.25, -0.2) is 0 Å². The fourth-order valence-corrected chi connectivity index (χ4v) is 9.97. The molecule has 0 aliphatic heterocycles. The number of halogens is 1. The fourth-order valence-electron chi connectivity index (χ4n) is 9.75. The molecule has 10 atom stereocenters. The maximum absolute atomic E-state index is 12.3. The summed E-state index contributed by atoms with van der Waals surface area (Å²) >= 11 is 6.02. The Balaban J connectivity index is 1.59. The van der Waals surface area contributed by atoms with E-state index in [2.05, 4.69) is 40.7 Å². The molecule has 34 heavy (non-hydrogen) atoms. The van der Waals surface area contributed by atoms with Gasteiger partial charge in [-0.2, -0.15) is 0 Å². The van der Waals surface area contributed by atoms with Gasteiger partial charge in [-0.3, -0.25) is 4.79 Å². The molecule has 0 heterocycles. The third-order valence-corrected chi connectivity index (χ3v) is 11.7. The number of allylic oxidation sites excluding steroid dienone is 1. The monoisotopic (exact) mass is 492 g/mol. The predicted molar refractivity (Wildman–Crippen MR) is 139 cm³/mol. The summed E-state index contributed by atoms with van der Waals surface area (Å²) < 4.78 is 0. The molecule has 3 nitrogen and oxygen atoms in total. The molecule has 4 rings (SSSR count). The normalized spacial score (nSPS) is 43.5. The molecular weight excluding hydrogens is 444 g/mol. The maximum Gasteiger partial charge on any atom is 0.227 e. The Morgan fingerprint density at radius 1 is 1.12 bits per heavy atom. The third kappa shape index (κ3) is 4.45. The van der Waals surface area contributed by atoms with Crippen molar-refractivity contribution in [3.05, 3.63) is 11.6 Å². The van der Waals surface area contributed by atoms with Crippen LogP contribution in [0.5, 0.6) is 0 Å². The topological polar surface area (TPSA) is 57.5 Å². The minimum atomic E-state index is -0.589. The van der Waals surface area contributed by atoms with Gasteiger partial charge in [0.2, 0.25) is 5.24 Å². The number of carbonyl (C=O) groups is 1. The number of carbonyl (C=O) groups excluding carboxylic acids is 1. The van der Waals surface area contributed by atoms with E-state index in [9.17, 15) is 15.0 Å². The van der Waals surface area contributed by atoms with Crippen LogP contribution in [0.1, 0.15) is 98.8 Å². The Morgan fingerprint density at radius 3 is 2.50 bits per heavy atom. The summed E-state index contributed by atoms with van der Waals surface area (Å²) in [6.45, 7) is 11.9. The van der Waals surface area contributed by atoms with Crippen molar-refractivity contribution in [3.63, 3.8) is 0 Å². The molecule has 0 radical (unpaired) electrons. The van der Waals surface area contributed by atoms with Gasteiger partial charge in [-0.15, -0.1) is 0 Å². The molecule has 4 aliphatic carbocycles. The van der Waals surface area contributed by atoms with Gasteiger partial charge in [0.25, 0.3) is 0 Å². The van der Waals surface area contributed by atoms with Crippen LogP contribution in [0, 0.1) is 58.2 Å². The fraction of sp³-hybridized carbons (Fsp3) is 0.900. The molecule has 194 valence electrons. The van der Waals surface area contributed by atoms with E-state index in [0.717, 1.165) is 30.1 Å². The van der Waals surface area contributed by atoms with E-state index in [1.54, 1.807) is 0 Å². The first-order chi connectivity index (χ1) is 16.0. The van der Waals surface area contributed by atoms with E-state index in [4.69, 9.17) is 11.6 Å². The van der Waals surface area contributed by atoms with Gasteiger partial charge in [0, 0.05) is 0 Å². The van der Waals surface area contributed by atoms with E-state index < -0.39 is 17.3 Å². The minimum Gasteiger partial charge on any atom is -0.396 e. The average Bonchev–Trinajstić information content (AvgIpc) is 3.12. The minimum absolute atomic E-state index is 0.0817. The molecule has 2 N–H and O–H groups in total. The van der Waals surface area contributed by atoms with Gasteiger partial charge in [-0.1, -0.05) is 65.5 Å². The summed E-state index contributed by atoms with van der Waals surface area (Å²) in [5.41, 5.74) is 1.60. The first-order valence-electron chi connectivity index (χ1n) is 14.2. The molecule has 4 heteroatoms. The van der Waals surface area contributed by atoms with Crippen molar-refractivity contribution in [2.24, 2.45) is 58.2 Å². The van der Waals surface area contributed by atoms with E-state index in [0.29, 0.717) is 30.1 Å². The zero-order chi connectivity index (χ0) is 24.8. The van der Waals surface area contributed by atoms with Crippen molar-refractivity contribution >= 4 is 16.8 Å². The lowest BCUT2D eigenvalue weighted by atomic mass is 9.43. The molecule has 0 aromatic carbocycles. The smallest absolute Gasteiger partial charge is 0.227 e. The molecular formula is C30H49ClO3. The highest BCUT2D eigenvalue weighted by atomic mass is 35.5. The Kier molecular flexibility index (Phi) is 7.98. The van der Waals surface area contributed by atoms with E-state index >= 15 is 0 Å². The first-order valence-corrected chi connectivity index (χ1v) is 14.6. The van der Waals surface area contributed by atoms with Gasteiger partial charge in [-0.05, 0) is 109 Å². The van der Waals surface area contributed by atoms with Crippen LogP contribution in [0.15, 0.2) is 11.6 Å². The zero-order valence-electron chi connectivity index (χ0n) is 22.2. The molecule has 0 bridgehead atoms. The molecule has 0 saturated heterocycles. The number of aliphatic hydroxyl groups excluding tert-OH is 2. The highest BCUT2D eigenvalue weighted by Gasteiger charge is 2.62. The van der Waals surface area contributed by atoms with Crippen molar-refractivity contribution in [2.75, 3.05) is 6.61 Å². The van der Waals surface area contributed by atoms with Crippen LogP contribution in [0.25, 0.3) is 0 Å². The summed E-state index contributed by atoms with van der Waals surface area (Å²) in [6, 6.07) is 0. The van der Waals surface area contributed by atoms with Gasteiger partial charge >= 0.3 is 0 Å². The molecule has 0 aromatic heterocycles. The number of hydrogen-bond donors (Lipinski definition) is 2. The molecule has 3 fully saturated rings. The number of rotatable bonds is 8. The maximum atomic E-state index is 12.3. The van der Waals surface area contributed by atoms with Gasteiger partial charge in [0.15, 0.2) is 0 Å². The van der Waals surface area contributed by atoms with Crippen molar-refractivity contribution in [2.45, 2.75) is 105 Å².